The molecule has 0 heterocycles. The van der Waals surface area contributed by atoms with E-state index >= 15 is 0 Å². The van der Waals surface area contributed by atoms with Crippen molar-refractivity contribution in [3.8, 4) is 0 Å². The van der Waals surface area contributed by atoms with Crippen molar-refractivity contribution < 1.29 is 8.78 Å². The minimum absolute atomic E-state index is 0.0462. The van der Waals surface area contributed by atoms with E-state index in [4.69, 9.17) is 0 Å². The fourth-order valence-electron chi connectivity index (χ4n) is 1.53. The SMILES string of the molecule is C=C(C)C1CCC(F)(F)CC1. The highest BCUT2D eigenvalue weighted by molar-refractivity contribution is 4.98. The van der Waals surface area contributed by atoms with Crippen molar-refractivity contribution in [3.05, 3.63) is 12.2 Å². The molecule has 64 valence electrons. The molecule has 1 fully saturated rings. The summed E-state index contributed by atoms with van der Waals surface area (Å²) in [5.41, 5.74) is 1.06. The Kier molecular flexibility index (Phi) is 2.31. The molecule has 1 rings (SSSR count). The number of hydrogen-bond acceptors (Lipinski definition) is 0. The summed E-state index contributed by atoms with van der Waals surface area (Å²) in [5, 5.41) is 0. The van der Waals surface area contributed by atoms with Crippen LogP contribution in [0.1, 0.15) is 32.6 Å². The molecule has 0 aliphatic heterocycles. The molecule has 0 aromatic carbocycles. The second kappa shape index (κ2) is 2.92. The lowest BCUT2D eigenvalue weighted by atomic mass is 9.83. The van der Waals surface area contributed by atoms with Gasteiger partial charge in [-0.25, -0.2) is 8.78 Å². The van der Waals surface area contributed by atoms with Gasteiger partial charge in [-0.3, -0.25) is 0 Å². The zero-order valence-electron chi connectivity index (χ0n) is 6.87. The fourth-order valence-corrected chi connectivity index (χ4v) is 1.53. The van der Waals surface area contributed by atoms with E-state index in [0.29, 0.717) is 18.8 Å². The third kappa shape index (κ3) is 2.28. The van der Waals surface area contributed by atoms with Crippen molar-refractivity contribution >= 4 is 0 Å². The molecule has 0 unspecified atom stereocenters. The first-order chi connectivity index (χ1) is 5.01. The summed E-state index contributed by atoms with van der Waals surface area (Å²) in [6, 6.07) is 0. The summed E-state index contributed by atoms with van der Waals surface area (Å²) in [6.07, 6.45) is 1.32. The zero-order valence-corrected chi connectivity index (χ0v) is 6.87. The summed E-state index contributed by atoms with van der Waals surface area (Å²) >= 11 is 0. The van der Waals surface area contributed by atoms with Crippen LogP contribution in [0.25, 0.3) is 0 Å². The maximum atomic E-state index is 12.6. The van der Waals surface area contributed by atoms with Crippen LogP contribution in [0.2, 0.25) is 0 Å². The Balaban J connectivity index is 2.42. The van der Waals surface area contributed by atoms with Crippen LogP contribution < -0.4 is 0 Å². The van der Waals surface area contributed by atoms with Crippen LogP contribution >= 0.6 is 0 Å². The predicted octanol–water partition coefficient (Wildman–Crippen LogP) is 3.39. The average Bonchev–Trinajstić information content (AvgIpc) is 1.86. The van der Waals surface area contributed by atoms with Gasteiger partial charge in [0.1, 0.15) is 0 Å². The quantitative estimate of drug-likeness (QED) is 0.516. The second-order valence-electron chi connectivity index (χ2n) is 3.48. The number of hydrogen-bond donors (Lipinski definition) is 0. The van der Waals surface area contributed by atoms with Crippen molar-refractivity contribution in [1.82, 2.24) is 0 Å². The first kappa shape index (κ1) is 8.69. The lowest BCUT2D eigenvalue weighted by Crippen LogP contribution is -2.24. The van der Waals surface area contributed by atoms with Crippen LogP contribution in [0.15, 0.2) is 12.2 Å². The van der Waals surface area contributed by atoms with E-state index in [-0.39, 0.29) is 12.8 Å². The van der Waals surface area contributed by atoms with Gasteiger partial charge in [0, 0.05) is 12.8 Å². The molecule has 0 atom stereocenters. The zero-order chi connectivity index (χ0) is 8.48. The molecule has 0 spiro atoms. The molecule has 0 amide bonds. The van der Waals surface area contributed by atoms with Gasteiger partial charge in [-0.15, -0.1) is 0 Å². The number of alkyl halides is 2. The molecule has 1 aliphatic rings. The molecule has 0 nitrogen and oxygen atoms in total. The van der Waals surface area contributed by atoms with Crippen LogP contribution in [0.5, 0.6) is 0 Å². The van der Waals surface area contributed by atoms with Crippen LogP contribution in [0, 0.1) is 5.92 Å². The van der Waals surface area contributed by atoms with Crippen molar-refractivity contribution in [1.29, 1.82) is 0 Å². The molecule has 0 aromatic heterocycles. The van der Waals surface area contributed by atoms with E-state index in [1.54, 1.807) is 0 Å². The second-order valence-corrected chi connectivity index (χ2v) is 3.48. The maximum absolute atomic E-state index is 12.6. The molecule has 0 N–H and O–H groups in total. The van der Waals surface area contributed by atoms with Gasteiger partial charge in [-0.05, 0) is 25.7 Å². The molecule has 0 radical (unpaired) electrons. The smallest absolute Gasteiger partial charge is 0.207 e. The highest BCUT2D eigenvalue weighted by Crippen LogP contribution is 2.38. The molecular weight excluding hydrogens is 146 g/mol. The fraction of sp³-hybridized carbons (Fsp3) is 0.778. The van der Waals surface area contributed by atoms with Gasteiger partial charge in [-0.2, -0.15) is 0 Å². The van der Waals surface area contributed by atoms with Crippen molar-refractivity contribution in [2.24, 2.45) is 5.92 Å². The molecule has 0 aromatic rings. The monoisotopic (exact) mass is 160 g/mol. The van der Waals surface area contributed by atoms with E-state index in [1.807, 2.05) is 6.92 Å². The third-order valence-corrected chi connectivity index (χ3v) is 2.41. The minimum Gasteiger partial charge on any atom is -0.207 e. The lowest BCUT2D eigenvalue weighted by molar-refractivity contribution is -0.0420. The summed E-state index contributed by atoms with van der Waals surface area (Å²) in [7, 11) is 0. The largest absolute Gasteiger partial charge is 0.248 e. The number of allylic oxidation sites excluding steroid dienone is 1. The molecular formula is C9H14F2. The normalized spacial score (nSPS) is 25.0. The van der Waals surface area contributed by atoms with Gasteiger partial charge in [0.25, 0.3) is 0 Å². The Bertz CT molecular complexity index is 151. The number of rotatable bonds is 1. The Morgan fingerprint density at radius 2 is 1.82 bits per heavy atom. The Morgan fingerprint density at radius 3 is 2.18 bits per heavy atom. The van der Waals surface area contributed by atoms with Crippen LogP contribution in [0.3, 0.4) is 0 Å². The molecule has 0 bridgehead atoms. The molecule has 1 saturated carbocycles. The number of halogens is 2. The van der Waals surface area contributed by atoms with E-state index in [9.17, 15) is 8.78 Å². The van der Waals surface area contributed by atoms with Gasteiger partial charge in [0.05, 0.1) is 0 Å². The van der Waals surface area contributed by atoms with Crippen molar-refractivity contribution in [3.63, 3.8) is 0 Å². The lowest BCUT2D eigenvalue weighted by Gasteiger charge is -2.28. The Labute approximate surface area is 66.3 Å². The predicted molar refractivity (Wildman–Crippen MR) is 41.7 cm³/mol. The van der Waals surface area contributed by atoms with E-state index in [0.717, 1.165) is 5.57 Å². The minimum atomic E-state index is -2.40. The van der Waals surface area contributed by atoms with Gasteiger partial charge in [-0.1, -0.05) is 12.2 Å². The average molecular weight is 160 g/mol. The highest BCUT2D eigenvalue weighted by Gasteiger charge is 2.34. The summed E-state index contributed by atoms with van der Waals surface area (Å²) in [6.45, 7) is 5.71. The van der Waals surface area contributed by atoms with Crippen molar-refractivity contribution in [2.45, 2.75) is 38.5 Å². The van der Waals surface area contributed by atoms with E-state index in [1.165, 1.54) is 0 Å². The Hall–Kier alpha value is -0.400. The standard InChI is InChI=1S/C9H14F2/c1-7(2)8-3-5-9(10,11)6-4-8/h8H,1,3-6H2,2H3. The summed E-state index contributed by atoms with van der Waals surface area (Å²) in [5.74, 6) is -2.05. The molecule has 1 aliphatic carbocycles. The van der Waals surface area contributed by atoms with E-state index < -0.39 is 5.92 Å². The van der Waals surface area contributed by atoms with E-state index in [2.05, 4.69) is 6.58 Å². The van der Waals surface area contributed by atoms with Crippen molar-refractivity contribution in [2.75, 3.05) is 0 Å². The first-order valence-electron chi connectivity index (χ1n) is 4.04. The van der Waals surface area contributed by atoms with Crippen LogP contribution in [0.4, 0.5) is 8.78 Å². The van der Waals surface area contributed by atoms with Crippen LogP contribution in [-0.4, -0.2) is 5.92 Å². The molecule has 0 saturated heterocycles. The topological polar surface area (TPSA) is 0 Å². The van der Waals surface area contributed by atoms with Gasteiger partial charge in [0.2, 0.25) is 5.92 Å². The maximum Gasteiger partial charge on any atom is 0.248 e. The molecule has 2 heteroatoms. The summed E-state index contributed by atoms with van der Waals surface area (Å²) in [4.78, 5) is 0. The van der Waals surface area contributed by atoms with Gasteiger partial charge in [0.15, 0.2) is 0 Å². The van der Waals surface area contributed by atoms with Gasteiger partial charge >= 0.3 is 0 Å². The highest BCUT2D eigenvalue weighted by atomic mass is 19.3. The summed E-state index contributed by atoms with van der Waals surface area (Å²) < 4.78 is 25.2. The molecule has 11 heavy (non-hydrogen) atoms. The third-order valence-electron chi connectivity index (χ3n) is 2.41. The van der Waals surface area contributed by atoms with Crippen LogP contribution in [-0.2, 0) is 0 Å². The van der Waals surface area contributed by atoms with Gasteiger partial charge < -0.3 is 0 Å². The first-order valence-corrected chi connectivity index (χ1v) is 4.04. The Morgan fingerprint density at radius 1 is 1.36 bits per heavy atom.